The van der Waals surface area contributed by atoms with Crippen molar-refractivity contribution in [1.29, 1.82) is 0 Å². The van der Waals surface area contributed by atoms with E-state index in [9.17, 15) is 13.2 Å². The molecule has 20 heavy (non-hydrogen) atoms. The first-order valence-corrected chi connectivity index (χ1v) is 7.58. The van der Waals surface area contributed by atoms with Crippen LogP contribution < -0.4 is 15.8 Å². The zero-order valence-corrected chi connectivity index (χ0v) is 11.8. The molecule has 1 amide bonds. The Labute approximate surface area is 117 Å². The van der Waals surface area contributed by atoms with E-state index in [0.29, 0.717) is 13.1 Å². The van der Waals surface area contributed by atoms with Gasteiger partial charge in [0, 0.05) is 25.8 Å². The zero-order valence-electron chi connectivity index (χ0n) is 11.0. The Hall–Kier alpha value is -1.48. The normalized spacial score (nSPS) is 22.9. The van der Waals surface area contributed by atoms with Crippen molar-refractivity contribution in [2.75, 3.05) is 20.2 Å². The van der Waals surface area contributed by atoms with Crippen molar-refractivity contribution >= 4 is 15.9 Å². The molecular weight excluding hydrogens is 282 g/mol. The third kappa shape index (κ3) is 3.15. The van der Waals surface area contributed by atoms with Crippen LogP contribution in [0.4, 0.5) is 0 Å². The molecule has 0 aliphatic carbocycles. The predicted octanol–water partition coefficient (Wildman–Crippen LogP) is -0.949. The number of nitrogens with two attached hydrogens (primary N) is 1. The number of primary amides is 1. The van der Waals surface area contributed by atoms with Gasteiger partial charge in [-0.3, -0.25) is 4.79 Å². The lowest BCUT2D eigenvalue weighted by molar-refractivity contribution is 0.1000. The number of hydrogen-bond acceptors (Lipinski definition) is 5. The molecule has 1 unspecified atom stereocenters. The number of benzene rings is 1. The van der Waals surface area contributed by atoms with Crippen LogP contribution >= 0.6 is 0 Å². The predicted molar refractivity (Wildman–Crippen MR) is 72.7 cm³/mol. The third-order valence-electron chi connectivity index (χ3n) is 3.22. The molecule has 0 bridgehead atoms. The summed E-state index contributed by atoms with van der Waals surface area (Å²) in [5.74, 6) is -0.596. The molecule has 0 aromatic heterocycles. The minimum Gasteiger partial charge on any atom is -0.378 e. The minimum atomic E-state index is -3.65. The van der Waals surface area contributed by atoms with Crippen molar-refractivity contribution < 1.29 is 17.9 Å². The molecule has 4 N–H and O–H groups in total. The second kappa shape index (κ2) is 5.88. The van der Waals surface area contributed by atoms with Gasteiger partial charge in [-0.25, -0.2) is 13.1 Å². The van der Waals surface area contributed by atoms with Gasteiger partial charge in [-0.2, -0.15) is 0 Å². The fourth-order valence-corrected chi connectivity index (χ4v) is 3.35. The molecule has 1 fully saturated rings. The van der Waals surface area contributed by atoms with Crippen molar-refractivity contribution in [3.05, 3.63) is 29.8 Å². The van der Waals surface area contributed by atoms with Crippen molar-refractivity contribution in [2.24, 2.45) is 5.73 Å². The van der Waals surface area contributed by atoms with Crippen LogP contribution in [-0.2, 0) is 14.8 Å². The molecule has 1 saturated heterocycles. The molecule has 7 nitrogen and oxygen atoms in total. The third-order valence-corrected chi connectivity index (χ3v) is 4.72. The van der Waals surface area contributed by atoms with Gasteiger partial charge in [-0.1, -0.05) is 0 Å². The van der Waals surface area contributed by atoms with Crippen molar-refractivity contribution in [3.8, 4) is 0 Å². The van der Waals surface area contributed by atoms with Crippen LogP contribution in [0.25, 0.3) is 0 Å². The van der Waals surface area contributed by atoms with E-state index in [1.54, 1.807) is 7.11 Å². The molecule has 1 aliphatic heterocycles. The second-order valence-electron chi connectivity index (χ2n) is 4.55. The van der Waals surface area contributed by atoms with E-state index >= 15 is 0 Å². The standard InChI is InChI=1S/C12H17N3O4S/c1-19-11-7-14-6-10(11)15-20(17,18)9-4-2-8(3-5-9)12(13)16/h2-5,10-11,14-15H,6-7H2,1H3,(H2,13,16)/t10?,11-/m0/s1. The molecule has 1 heterocycles. The fourth-order valence-electron chi connectivity index (χ4n) is 2.09. The van der Waals surface area contributed by atoms with E-state index in [-0.39, 0.29) is 22.6 Å². The van der Waals surface area contributed by atoms with Crippen LogP contribution in [-0.4, -0.2) is 46.7 Å². The van der Waals surface area contributed by atoms with E-state index in [2.05, 4.69) is 10.0 Å². The fraction of sp³-hybridized carbons (Fsp3) is 0.417. The number of amides is 1. The first-order valence-electron chi connectivity index (χ1n) is 6.10. The Kier molecular flexibility index (Phi) is 4.39. The molecule has 1 aromatic carbocycles. The van der Waals surface area contributed by atoms with Gasteiger partial charge in [-0.05, 0) is 24.3 Å². The van der Waals surface area contributed by atoms with Crippen LogP contribution in [0.2, 0.25) is 0 Å². The maximum Gasteiger partial charge on any atom is 0.248 e. The number of ether oxygens (including phenoxy) is 1. The van der Waals surface area contributed by atoms with Gasteiger partial charge in [0.1, 0.15) is 0 Å². The van der Waals surface area contributed by atoms with Gasteiger partial charge >= 0.3 is 0 Å². The number of methoxy groups -OCH3 is 1. The van der Waals surface area contributed by atoms with Gasteiger partial charge in [0.2, 0.25) is 15.9 Å². The summed E-state index contributed by atoms with van der Waals surface area (Å²) < 4.78 is 32.2. The average Bonchev–Trinajstić information content (AvgIpc) is 2.85. The van der Waals surface area contributed by atoms with Gasteiger partial charge in [0.05, 0.1) is 17.0 Å². The second-order valence-corrected chi connectivity index (χ2v) is 6.26. The maximum atomic E-state index is 12.2. The Morgan fingerprint density at radius 1 is 1.35 bits per heavy atom. The van der Waals surface area contributed by atoms with E-state index in [1.807, 2.05) is 0 Å². The molecule has 110 valence electrons. The molecule has 2 atom stereocenters. The molecule has 1 aliphatic rings. The molecule has 0 saturated carbocycles. The number of carbonyl (C=O) groups excluding carboxylic acids is 1. The van der Waals surface area contributed by atoms with Gasteiger partial charge in [-0.15, -0.1) is 0 Å². The largest absolute Gasteiger partial charge is 0.378 e. The van der Waals surface area contributed by atoms with E-state index in [1.165, 1.54) is 24.3 Å². The molecule has 2 rings (SSSR count). The lowest BCUT2D eigenvalue weighted by Gasteiger charge is -2.18. The number of rotatable bonds is 5. The number of nitrogens with one attached hydrogen (secondary N) is 2. The highest BCUT2D eigenvalue weighted by Crippen LogP contribution is 2.13. The summed E-state index contributed by atoms with van der Waals surface area (Å²) in [7, 11) is -2.11. The maximum absolute atomic E-state index is 12.2. The van der Waals surface area contributed by atoms with Crippen LogP contribution in [0.5, 0.6) is 0 Å². The Morgan fingerprint density at radius 3 is 2.55 bits per heavy atom. The average molecular weight is 299 g/mol. The number of hydrogen-bond donors (Lipinski definition) is 3. The molecule has 1 aromatic rings. The summed E-state index contributed by atoms with van der Waals surface area (Å²) >= 11 is 0. The highest BCUT2D eigenvalue weighted by atomic mass is 32.2. The molecule has 0 spiro atoms. The smallest absolute Gasteiger partial charge is 0.248 e. The highest BCUT2D eigenvalue weighted by molar-refractivity contribution is 7.89. The Bertz CT molecular complexity index is 585. The molecule has 0 radical (unpaired) electrons. The molecule has 8 heteroatoms. The van der Waals surface area contributed by atoms with Gasteiger partial charge in [0.25, 0.3) is 0 Å². The van der Waals surface area contributed by atoms with E-state index in [4.69, 9.17) is 10.5 Å². The first-order chi connectivity index (χ1) is 9.44. The Balaban J connectivity index is 2.15. The van der Waals surface area contributed by atoms with Crippen molar-refractivity contribution in [1.82, 2.24) is 10.0 Å². The molecular formula is C12H17N3O4S. The quantitative estimate of drug-likeness (QED) is 0.649. The monoisotopic (exact) mass is 299 g/mol. The van der Waals surface area contributed by atoms with Gasteiger partial charge in [0.15, 0.2) is 0 Å². The van der Waals surface area contributed by atoms with Crippen LogP contribution in [0.15, 0.2) is 29.2 Å². The summed E-state index contributed by atoms with van der Waals surface area (Å²) in [4.78, 5) is 11.0. The SMILES string of the molecule is CO[C@H]1CNCC1NS(=O)(=O)c1ccc(C(N)=O)cc1. The van der Waals surface area contributed by atoms with Crippen LogP contribution in [0.1, 0.15) is 10.4 Å². The van der Waals surface area contributed by atoms with Crippen LogP contribution in [0, 0.1) is 0 Å². The van der Waals surface area contributed by atoms with Crippen LogP contribution in [0.3, 0.4) is 0 Å². The van der Waals surface area contributed by atoms with Crippen molar-refractivity contribution in [3.63, 3.8) is 0 Å². The summed E-state index contributed by atoms with van der Waals surface area (Å²) in [6.45, 7) is 1.11. The topological polar surface area (TPSA) is 111 Å². The Morgan fingerprint density at radius 2 is 2.00 bits per heavy atom. The summed E-state index contributed by atoms with van der Waals surface area (Å²) in [5, 5.41) is 3.06. The van der Waals surface area contributed by atoms with Crippen molar-refractivity contribution in [2.45, 2.75) is 17.0 Å². The van der Waals surface area contributed by atoms with E-state index in [0.717, 1.165) is 0 Å². The van der Waals surface area contributed by atoms with Gasteiger partial charge < -0.3 is 15.8 Å². The first kappa shape index (κ1) is 14.9. The number of carbonyl (C=O) groups is 1. The summed E-state index contributed by atoms with van der Waals surface area (Å²) in [6.07, 6.45) is -0.199. The summed E-state index contributed by atoms with van der Waals surface area (Å²) in [5.41, 5.74) is 5.38. The van der Waals surface area contributed by atoms with E-state index < -0.39 is 15.9 Å². The summed E-state index contributed by atoms with van der Waals surface area (Å²) in [6, 6.07) is 5.16. The number of sulfonamides is 1. The lowest BCUT2D eigenvalue weighted by atomic mass is 10.2. The zero-order chi connectivity index (χ0) is 14.8. The lowest BCUT2D eigenvalue weighted by Crippen LogP contribution is -2.43. The minimum absolute atomic E-state index is 0.0873. The highest BCUT2D eigenvalue weighted by Gasteiger charge is 2.31.